The number of carbonyl (C=O) groups is 1. The van der Waals surface area contributed by atoms with Gasteiger partial charge in [-0.1, -0.05) is 0 Å². The van der Waals surface area contributed by atoms with Crippen molar-refractivity contribution in [1.29, 1.82) is 5.26 Å². The molecule has 0 spiro atoms. The van der Waals surface area contributed by atoms with Gasteiger partial charge in [0.15, 0.2) is 5.69 Å². The third-order valence-corrected chi connectivity index (χ3v) is 2.41. The Morgan fingerprint density at radius 1 is 1.67 bits per heavy atom. The van der Waals surface area contributed by atoms with Crippen molar-refractivity contribution in [2.24, 2.45) is 0 Å². The van der Waals surface area contributed by atoms with Crippen LogP contribution >= 0.6 is 27.5 Å². The van der Waals surface area contributed by atoms with Crippen LogP contribution in [0.15, 0.2) is 10.7 Å². The van der Waals surface area contributed by atoms with E-state index < -0.39 is 28.5 Å². The first kappa shape index (κ1) is 12.0. The summed E-state index contributed by atoms with van der Waals surface area (Å²) in [5, 5.41) is 7.45. The second kappa shape index (κ2) is 4.64. The first-order valence-electron chi connectivity index (χ1n) is 3.55. The lowest BCUT2D eigenvalue weighted by molar-refractivity contribution is 0.106. The van der Waals surface area contributed by atoms with E-state index in [0.29, 0.717) is 0 Å². The highest BCUT2D eigenvalue weighted by atomic mass is 79.9. The number of carbonyl (C=O) groups excluding carboxylic acids is 1. The third kappa shape index (κ3) is 2.30. The molecule has 7 heteroatoms. The van der Waals surface area contributed by atoms with Crippen molar-refractivity contribution in [3.63, 3.8) is 0 Å². The number of pyridine rings is 1. The van der Waals surface area contributed by atoms with Crippen LogP contribution in [0.2, 0.25) is 0 Å². The van der Waals surface area contributed by atoms with Crippen molar-refractivity contribution in [3.05, 3.63) is 27.5 Å². The van der Waals surface area contributed by atoms with E-state index in [1.165, 1.54) is 6.07 Å². The second-order valence-electron chi connectivity index (χ2n) is 2.43. The summed E-state index contributed by atoms with van der Waals surface area (Å²) in [5.74, 6) is 0. The number of rotatable bonds is 2. The van der Waals surface area contributed by atoms with Gasteiger partial charge in [0, 0.05) is 16.2 Å². The highest BCUT2D eigenvalue weighted by Crippen LogP contribution is 2.32. The molecule has 0 unspecified atom stereocenters. The standard InChI is InChI=1S/C8H2BrClF2N2O/c9-3-2-14-4(1-13)6(7(10)15)5(3)8(11)12/h2,8H. The normalized spacial score (nSPS) is 10.1. The van der Waals surface area contributed by atoms with Crippen molar-refractivity contribution in [1.82, 2.24) is 4.98 Å². The number of halogens is 4. The molecule has 1 heterocycles. The number of alkyl halides is 2. The zero-order chi connectivity index (χ0) is 11.6. The summed E-state index contributed by atoms with van der Waals surface area (Å²) in [4.78, 5) is 14.4. The summed E-state index contributed by atoms with van der Waals surface area (Å²) in [6.45, 7) is 0. The van der Waals surface area contributed by atoms with Gasteiger partial charge in [-0.15, -0.1) is 0 Å². The molecule has 0 saturated carbocycles. The van der Waals surface area contributed by atoms with Gasteiger partial charge in [0.1, 0.15) is 6.07 Å². The lowest BCUT2D eigenvalue weighted by Crippen LogP contribution is -2.05. The van der Waals surface area contributed by atoms with Crippen molar-refractivity contribution >= 4 is 32.8 Å². The molecule has 3 nitrogen and oxygen atoms in total. The van der Waals surface area contributed by atoms with E-state index >= 15 is 0 Å². The molecule has 0 aliphatic carbocycles. The van der Waals surface area contributed by atoms with Gasteiger partial charge in [-0.3, -0.25) is 4.79 Å². The van der Waals surface area contributed by atoms with Crippen LogP contribution in [0, 0.1) is 11.3 Å². The smallest absolute Gasteiger partial charge is 0.265 e. The lowest BCUT2D eigenvalue weighted by atomic mass is 10.1. The van der Waals surface area contributed by atoms with Crippen LogP contribution in [-0.4, -0.2) is 10.2 Å². The molecule has 1 aromatic heterocycles. The van der Waals surface area contributed by atoms with Crippen LogP contribution in [0.25, 0.3) is 0 Å². The molecule has 0 N–H and O–H groups in total. The summed E-state index contributed by atoms with van der Waals surface area (Å²) in [5.41, 5.74) is -1.57. The Bertz CT molecular complexity index is 459. The zero-order valence-electron chi connectivity index (χ0n) is 6.97. The van der Waals surface area contributed by atoms with E-state index in [-0.39, 0.29) is 4.47 Å². The minimum Gasteiger partial charge on any atom is -0.275 e. The average molecular weight is 295 g/mol. The van der Waals surface area contributed by atoms with Crippen LogP contribution in [-0.2, 0) is 0 Å². The van der Waals surface area contributed by atoms with Gasteiger partial charge >= 0.3 is 0 Å². The first-order valence-corrected chi connectivity index (χ1v) is 4.72. The summed E-state index contributed by atoms with van der Waals surface area (Å²) in [7, 11) is 0. The number of hydrogen-bond acceptors (Lipinski definition) is 3. The molecule has 0 fully saturated rings. The highest BCUT2D eigenvalue weighted by molar-refractivity contribution is 9.10. The number of nitrogens with zero attached hydrogens (tertiary/aromatic N) is 2. The number of nitriles is 1. The molecule has 0 amide bonds. The minimum atomic E-state index is -2.91. The van der Waals surface area contributed by atoms with Gasteiger partial charge in [0.25, 0.3) is 11.7 Å². The van der Waals surface area contributed by atoms with Crippen molar-refractivity contribution in [3.8, 4) is 6.07 Å². The van der Waals surface area contributed by atoms with Gasteiger partial charge in [0.05, 0.1) is 5.56 Å². The Morgan fingerprint density at radius 2 is 2.27 bits per heavy atom. The Kier molecular flexibility index (Phi) is 3.72. The van der Waals surface area contributed by atoms with Gasteiger partial charge in [-0.25, -0.2) is 13.8 Å². The molecule has 0 saturated heterocycles. The van der Waals surface area contributed by atoms with Crippen molar-refractivity contribution in [2.45, 2.75) is 6.43 Å². The maximum Gasteiger partial charge on any atom is 0.265 e. The van der Waals surface area contributed by atoms with Crippen molar-refractivity contribution in [2.75, 3.05) is 0 Å². The highest BCUT2D eigenvalue weighted by Gasteiger charge is 2.24. The van der Waals surface area contributed by atoms with Gasteiger partial charge in [0.2, 0.25) is 0 Å². The lowest BCUT2D eigenvalue weighted by Gasteiger charge is -2.07. The molecule has 0 bridgehead atoms. The molecular weight excluding hydrogens is 293 g/mol. The quantitative estimate of drug-likeness (QED) is 0.788. The maximum absolute atomic E-state index is 12.6. The van der Waals surface area contributed by atoms with E-state index in [1.807, 2.05) is 0 Å². The van der Waals surface area contributed by atoms with Crippen LogP contribution in [0.4, 0.5) is 8.78 Å². The average Bonchev–Trinajstić information content (AvgIpc) is 2.16. The fourth-order valence-corrected chi connectivity index (χ4v) is 1.66. The zero-order valence-corrected chi connectivity index (χ0v) is 9.31. The Labute approximate surface area is 96.8 Å². The predicted octanol–water partition coefficient (Wildman–Crippen LogP) is 3.03. The molecule has 0 radical (unpaired) electrons. The summed E-state index contributed by atoms with van der Waals surface area (Å²) in [6, 6.07) is 1.53. The molecule has 1 rings (SSSR count). The largest absolute Gasteiger partial charge is 0.275 e. The molecule has 1 aromatic rings. The molecule has 15 heavy (non-hydrogen) atoms. The fourth-order valence-electron chi connectivity index (χ4n) is 0.999. The van der Waals surface area contributed by atoms with E-state index in [4.69, 9.17) is 16.9 Å². The molecule has 0 aliphatic heterocycles. The predicted molar refractivity (Wildman–Crippen MR) is 51.8 cm³/mol. The monoisotopic (exact) mass is 294 g/mol. The summed E-state index contributed by atoms with van der Waals surface area (Å²) >= 11 is 7.94. The SMILES string of the molecule is N#Cc1ncc(Br)c(C(F)F)c1C(=O)Cl. The van der Waals surface area contributed by atoms with Gasteiger partial charge < -0.3 is 0 Å². The number of aromatic nitrogens is 1. The Morgan fingerprint density at radius 3 is 2.67 bits per heavy atom. The summed E-state index contributed by atoms with van der Waals surface area (Å²) < 4.78 is 25.1. The molecule has 0 atom stereocenters. The van der Waals surface area contributed by atoms with Crippen LogP contribution in [0.3, 0.4) is 0 Å². The van der Waals surface area contributed by atoms with Crippen LogP contribution < -0.4 is 0 Å². The molecule has 0 aromatic carbocycles. The van der Waals surface area contributed by atoms with Gasteiger partial charge in [-0.2, -0.15) is 5.26 Å². The Hall–Kier alpha value is -1.06. The minimum absolute atomic E-state index is 0.0551. The molecular formula is C8H2BrClF2N2O. The van der Waals surface area contributed by atoms with E-state index in [2.05, 4.69) is 20.9 Å². The fraction of sp³-hybridized carbons (Fsp3) is 0.125. The van der Waals surface area contributed by atoms with Crippen LogP contribution in [0.5, 0.6) is 0 Å². The van der Waals surface area contributed by atoms with Crippen LogP contribution in [0.1, 0.15) is 28.0 Å². The van der Waals surface area contributed by atoms with E-state index in [0.717, 1.165) is 6.20 Å². The summed E-state index contributed by atoms with van der Waals surface area (Å²) in [6.07, 6.45) is -1.88. The van der Waals surface area contributed by atoms with E-state index in [1.54, 1.807) is 0 Å². The molecule has 78 valence electrons. The first-order chi connectivity index (χ1) is 6.99. The maximum atomic E-state index is 12.6. The van der Waals surface area contributed by atoms with Gasteiger partial charge in [-0.05, 0) is 27.5 Å². The second-order valence-corrected chi connectivity index (χ2v) is 3.63. The third-order valence-electron chi connectivity index (χ3n) is 1.59. The Balaban J connectivity index is 3.60. The van der Waals surface area contributed by atoms with E-state index in [9.17, 15) is 13.6 Å². The number of hydrogen-bond donors (Lipinski definition) is 0. The van der Waals surface area contributed by atoms with Crippen molar-refractivity contribution < 1.29 is 13.6 Å². The topological polar surface area (TPSA) is 53.8 Å². The molecule has 0 aliphatic rings.